The Balaban J connectivity index is 2.27. The van der Waals surface area contributed by atoms with E-state index >= 15 is 0 Å². The number of benzene rings is 2. The topological polar surface area (TPSA) is 35.2 Å². The van der Waals surface area contributed by atoms with Crippen LogP contribution in [0.25, 0.3) is 10.8 Å². The molecule has 84 valence electrons. The maximum absolute atomic E-state index is 5.94. The molecule has 0 saturated carbocycles. The van der Waals surface area contributed by atoms with E-state index in [1.54, 1.807) is 0 Å². The predicted octanol–water partition coefficient (Wildman–Crippen LogP) is 3.60. The highest BCUT2D eigenvalue weighted by molar-refractivity contribution is 5.88. The first-order valence-electron chi connectivity index (χ1n) is 5.72. The first-order valence-corrected chi connectivity index (χ1v) is 5.72. The zero-order valence-electron chi connectivity index (χ0n) is 9.57. The quantitative estimate of drug-likeness (QED) is 0.624. The normalized spacial score (nSPS) is 10.6. The van der Waals surface area contributed by atoms with E-state index < -0.39 is 0 Å². The minimum atomic E-state index is 0.717. The van der Waals surface area contributed by atoms with Crippen molar-refractivity contribution in [2.45, 2.75) is 19.8 Å². The number of hydrogen-bond donors (Lipinski definition) is 1. The molecule has 0 fully saturated rings. The molecule has 0 spiro atoms. The predicted molar refractivity (Wildman–Crippen MR) is 68.8 cm³/mol. The van der Waals surface area contributed by atoms with Gasteiger partial charge in [-0.15, -0.1) is 0 Å². The number of unbranched alkanes of at least 4 members (excludes halogenated alkanes) is 1. The SMILES string of the molecule is CCCCOc1cc2ccccc2cc1N. The highest BCUT2D eigenvalue weighted by Gasteiger charge is 2.02. The smallest absolute Gasteiger partial charge is 0.142 e. The van der Waals surface area contributed by atoms with Crippen LogP contribution in [0, 0.1) is 0 Å². The molecule has 0 amide bonds. The fourth-order valence-corrected chi connectivity index (χ4v) is 1.69. The van der Waals surface area contributed by atoms with Gasteiger partial charge in [0.15, 0.2) is 0 Å². The van der Waals surface area contributed by atoms with Gasteiger partial charge in [-0.1, -0.05) is 37.6 Å². The molecule has 0 aromatic heterocycles. The van der Waals surface area contributed by atoms with Crippen LogP contribution >= 0.6 is 0 Å². The molecule has 2 rings (SSSR count). The van der Waals surface area contributed by atoms with Crippen molar-refractivity contribution in [3.8, 4) is 5.75 Å². The van der Waals surface area contributed by atoms with E-state index in [4.69, 9.17) is 10.5 Å². The van der Waals surface area contributed by atoms with E-state index in [-0.39, 0.29) is 0 Å². The molecular formula is C14H17NO. The summed E-state index contributed by atoms with van der Waals surface area (Å²) in [4.78, 5) is 0. The lowest BCUT2D eigenvalue weighted by atomic mass is 10.1. The van der Waals surface area contributed by atoms with Gasteiger partial charge in [-0.3, -0.25) is 0 Å². The van der Waals surface area contributed by atoms with Crippen LogP contribution in [0.15, 0.2) is 36.4 Å². The second kappa shape index (κ2) is 4.88. The average molecular weight is 215 g/mol. The second-order valence-electron chi connectivity index (χ2n) is 3.94. The number of hydrogen-bond acceptors (Lipinski definition) is 2. The molecule has 2 aromatic carbocycles. The van der Waals surface area contributed by atoms with Crippen LogP contribution in [0.3, 0.4) is 0 Å². The van der Waals surface area contributed by atoms with Crippen LogP contribution in [0.2, 0.25) is 0 Å². The minimum Gasteiger partial charge on any atom is -0.491 e. The van der Waals surface area contributed by atoms with Gasteiger partial charge in [0.05, 0.1) is 12.3 Å². The molecule has 2 N–H and O–H groups in total. The van der Waals surface area contributed by atoms with Gasteiger partial charge in [0.1, 0.15) is 5.75 Å². The summed E-state index contributed by atoms with van der Waals surface area (Å²) in [6.07, 6.45) is 2.19. The maximum Gasteiger partial charge on any atom is 0.142 e. The molecule has 2 nitrogen and oxygen atoms in total. The summed E-state index contributed by atoms with van der Waals surface area (Å²) in [7, 11) is 0. The van der Waals surface area contributed by atoms with Crippen molar-refractivity contribution in [2.75, 3.05) is 12.3 Å². The summed E-state index contributed by atoms with van der Waals surface area (Å²) in [6, 6.07) is 12.1. The van der Waals surface area contributed by atoms with E-state index in [1.165, 1.54) is 5.39 Å². The Morgan fingerprint density at radius 2 is 1.81 bits per heavy atom. The van der Waals surface area contributed by atoms with Crippen molar-refractivity contribution in [1.82, 2.24) is 0 Å². The van der Waals surface area contributed by atoms with Crippen LogP contribution in [0.1, 0.15) is 19.8 Å². The van der Waals surface area contributed by atoms with Crippen molar-refractivity contribution >= 4 is 16.5 Å². The van der Waals surface area contributed by atoms with E-state index in [9.17, 15) is 0 Å². The van der Waals surface area contributed by atoms with E-state index in [2.05, 4.69) is 19.1 Å². The molecule has 0 saturated heterocycles. The zero-order valence-corrected chi connectivity index (χ0v) is 9.57. The Kier molecular flexibility index (Phi) is 3.30. The first-order chi connectivity index (χ1) is 7.81. The third-order valence-corrected chi connectivity index (χ3v) is 2.63. The van der Waals surface area contributed by atoms with Crippen LogP contribution in [0.5, 0.6) is 5.75 Å². The maximum atomic E-state index is 5.94. The summed E-state index contributed by atoms with van der Waals surface area (Å²) in [6.45, 7) is 2.88. The van der Waals surface area contributed by atoms with Crippen LogP contribution < -0.4 is 10.5 Å². The summed E-state index contributed by atoms with van der Waals surface area (Å²) in [5, 5.41) is 2.33. The molecule has 2 heteroatoms. The van der Waals surface area contributed by atoms with E-state index in [0.717, 1.165) is 36.3 Å². The minimum absolute atomic E-state index is 0.717. The Hall–Kier alpha value is -1.70. The molecule has 0 aliphatic rings. The van der Waals surface area contributed by atoms with Crippen molar-refractivity contribution < 1.29 is 4.74 Å². The lowest BCUT2D eigenvalue weighted by Gasteiger charge is -2.09. The first kappa shape index (κ1) is 10.8. The van der Waals surface area contributed by atoms with Gasteiger partial charge in [-0.25, -0.2) is 0 Å². The van der Waals surface area contributed by atoms with E-state index in [1.807, 2.05) is 24.3 Å². The number of nitrogen functional groups attached to an aromatic ring is 1. The molecule has 0 unspecified atom stereocenters. The van der Waals surface area contributed by atoms with Crippen LogP contribution in [0.4, 0.5) is 5.69 Å². The molecule has 0 aliphatic heterocycles. The lowest BCUT2D eigenvalue weighted by molar-refractivity contribution is 0.311. The number of fused-ring (bicyclic) bond motifs is 1. The third-order valence-electron chi connectivity index (χ3n) is 2.63. The third kappa shape index (κ3) is 2.27. The van der Waals surface area contributed by atoms with Crippen molar-refractivity contribution in [2.24, 2.45) is 0 Å². The van der Waals surface area contributed by atoms with Crippen molar-refractivity contribution in [3.63, 3.8) is 0 Å². The lowest BCUT2D eigenvalue weighted by Crippen LogP contribution is -1.99. The number of ether oxygens (including phenoxy) is 1. The molecule has 2 aromatic rings. The van der Waals surface area contributed by atoms with Gasteiger partial charge in [-0.05, 0) is 29.3 Å². The van der Waals surface area contributed by atoms with Crippen LogP contribution in [-0.2, 0) is 0 Å². The largest absolute Gasteiger partial charge is 0.491 e. The molecule has 16 heavy (non-hydrogen) atoms. The van der Waals surface area contributed by atoms with Gasteiger partial charge in [0, 0.05) is 0 Å². The van der Waals surface area contributed by atoms with Crippen molar-refractivity contribution in [3.05, 3.63) is 36.4 Å². The molecule has 0 radical (unpaired) electrons. The standard InChI is InChI=1S/C14H17NO/c1-2-3-8-16-14-10-12-7-5-4-6-11(12)9-13(14)15/h4-7,9-10H,2-3,8,15H2,1H3. The van der Waals surface area contributed by atoms with Crippen LogP contribution in [-0.4, -0.2) is 6.61 Å². The van der Waals surface area contributed by atoms with E-state index in [0.29, 0.717) is 0 Å². The number of anilines is 1. The summed E-state index contributed by atoms with van der Waals surface area (Å²) >= 11 is 0. The highest BCUT2D eigenvalue weighted by atomic mass is 16.5. The molecular weight excluding hydrogens is 198 g/mol. The molecule has 0 bridgehead atoms. The zero-order chi connectivity index (χ0) is 11.4. The summed E-state index contributed by atoms with van der Waals surface area (Å²) in [5.74, 6) is 0.798. The van der Waals surface area contributed by atoms with Gasteiger partial charge >= 0.3 is 0 Å². The molecule has 0 atom stereocenters. The number of rotatable bonds is 4. The Morgan fingerprint density at radius 1 is 1.12 bits per heavy atom. The molecule has 0 heterocycles. The van der Waals surface area contributed by atoms with Gasteiger partial charge in [0.2, 0.25) is 0 Å². The average Bonchev–Trinajstić information content (AvgIpc) is 2.30. The second-order valence-corrected chi connectivity index (χ2v) is 3.94. The molecule has 0 aliphatic carbocycles. The highest BCUT2D eigenvalue weighted by Crippen LogP contribution is 2.28. The Labute approximate surface area is 96.0 Å². The summed E-state index contributed by atoms with van der Waals surface area (Å²) < 4.78 is 5.66. The van der Waals surface area contributed by atoms with Gasteiger partial charge in [0.25, 0.3) is 0 Å². The fourth-order valence-electron chi connectivity index (χ4n) is 1.69. The van der Waals surface area contributed by atoms with Gasteiger partial charge in [-0.2, -0.15) is 0 Å². The number of nitrogens with two attached hydrogens (primary N) is 1. The summed E-state index contributed by atoms with van der Waals surface area (Å²) in [5.41, 5.74) is 6.66. The fraction of sp³-hybridized carbons (Fsp3) is 0.286. The van der Waals surface area contributed by atoms with Gasteiger partial charge < -0.3 is 10.5 Å². The Bertz CT molecular complexity index is 479. The Morgan fingerprint density at radius 3 is 2.50 bits per heavy atom. The van der Waals surface area contributed by atoms with Crippen molar-refractivity contribution in [1.29, 1.82) is 0 Å². The monoisotopic (exact) mass is 215 g/mol.